The van der Waals surface area contributed by atoms with Crippen LogP contribution >= 0.6 is 0 Å². The van der Waals surface area contributed by atoms with E-state index in [0.29, 0.717) is 23.1 Å². The van der Waals surface area contributed by atoms with Crippen LogP contribution < -0.4 is 5.32 Å². The van der Waals surface area contributed by atoms with E-state index in [4.69, 9.17) is 24.1 Å². The van der Waals surface area contributed by atoms with Gasteiger partial charge in [-0.2, -0.15) is 0 Å². The molecule has 15 heteroatoms. The van der Waals surface area contributed by atoms with Crippen molar-refractivity contribution in [3.8, 4) is 0 Å². The number of amides is 1. The molecule has 4 aliphatic rings. The standard InChI is InChI=1S/C31H38O10.C16H15NO4/c1-16-12-13-31(37)26(40-27(36)19-10-8-7-9-11-19)24-29(6,20(34)14-21-30(24,15-38-21)41-18(3)33)25(35)23(39-17(2)32)22(16)28(31,4)5;18-14(16(20)21)13(11-7-3-1-4-8-11)17-15(19)12-9-5-2-6-10-12/h7-11,20-21,23-24,26,34,37H,12-15H2,1-6H3;1-10,13-14,18H,(H,17,19)(H,20,21)/t20-,21+,23+,24-,26-,29+,30-,31+;13-,14+/m00/s1. The minimum Gasteiger partial charge on any atom is -0.479 e. The van der Waals surface area contributed by atoms with E-state index in [-0.39, 0.29) is 25.0 Å². The number of ketones is 1. The highest BCUT2D eigenvalue weighted by atomic mass is 16.6. The van der Waals surface area contributed by atoms with Crippen LogP contribution in [-0.2, 0) is 38.1 Å². The van der Waals surface area contributed by atoms with Crippen molar-refractivity contribution in [1.82, 2.24) is 5.32 Å². The molecule has 15 nitrogen and oxygen atoms in total. The average molecular weight is 856 g/mol. The molecule has 330 valence electrons. The smallest absolute Gasteiger partial charge is 0.338 e. The third kappa shape index (κ3) is 8.05. The van der Waals surface area contributed by atoms with Crippen LogP contribution in [0.2, 0.25) is 0 Å². The molecule has 10 atom stereocenters. The first-order chi connectivity index (χ1) is 29.2. The van der Waals surface area contributed by atoms with Crippen molar-refractivity contribution in [1.29, 1.82) is 0 Å². The molecule has 62 heavy (non-hydrogen) atoms. The summed E-state index contributed by atoms with van der Waals surface area (Å²) >= 11 is 0. The Bertz CT molecular complexity index is 2230. The molecule has 0 unspecified atom stereocenters. The van der Waals surface area contributed by atoms with Crippen LogP contribution in [0.25, 0.3) is 0 Å². The molecule has 1 heterocycles. The van der Waals surface area contributed by atoms with Gasteiger partial charge in [0.25, 0.3) is 5.91 Å². The monoisotopic (exact) mass is 855 g/mol. The predicted molar refractivity (Wildman–Crippen MR) is 220 cm³/mol. The van der Waals surface area contributed by atoms with Gasteiger partial charge in [-0.05, 0) is 62.1 Å². The molecule has 2 saturated carbocycles. The summed E-state index contributed by atoms with van der Waals surface area (Å²) < 4.78 is 23.7. The number of hydrogen-bond acceptors (Lipinski definition) is 13. The van der Waals surface area contributed by atoms with Crippen molar-refractivity contribution in [2.75, 3.05) is 6.61 Å². The zero-order valence-electron chi connectivity index (χ0n) is 35.4. The zero-order chi connectivity index (χ0) is 45.4. The van der Waals surface area contributed by atoms with Crippen molar-refractivity contribution in [3.05, 3.63) is 119 Å². The van der Waals surface area contributed by atoms with E-state index in [9.17, 15) is 44.1 Å². The van der Waals surface area contributed by atoms with Crippen molar-refractivity contribution in [2.45, 2.75) is 109 Å². The number of hydrogen-bond donors (Lipinski definition) is 5. The van der Waals surface area contributed by atoms with Gasteiger partial charge in [0.1, 0.15) is 17.8 Å². The van der Waals surface area contributed by atoms with E-state index < -0.39 is 100 Å². The second-order valence-corrected chi connectivity index (χ2v) is 17.2. The number of allylic oxidation sites excluding steroid dienone is 1. The van der Waals surface area contributed by atoms with Gasteiger partial charge in [-0.3, -0.25) is 19.2 Å². The normalized spacial score (nSPS) is 30.4. The van der Waals surface area contributed by atoms with Crippen molar-refractivity contribution < 1.29 is 68.1 Å². The van der Waals surface area contributed by atoms with Gasteiger partial charge in [-0.25, -0.2) is 9.59 Å². The van der Waals surface area contributed by atoms with Gasteiger partial charge in [0, 0.05) is 31.2 Å². The van der Waals surface area contributed by atoms with E-state index in [1.807, 2.05) is 6.92 Å². The number of fused-ring (bicyclic) bond motifs is 5. The maximum atomic E-state index is 14.8. The first kappa shape index (κ1) is 45.8. The number of Topliss-reactive ketones (excluding diaryl/α,β-unsaturated/α-hetero) is 1. The largest absolute Gasteiger partial charge is 0.479 e. The van der Waals surface area contributed by atoms with E-state index in [1.165, 1.54) is 20.8 Å². The molecule has 0 aromatic heterocycles. The Morgan fingerprint density at radius 3 is 1.92 bits per heavy atom. The second kappa shape index (κ2) is 17.6. The first-order valence-corrected chi connectivity index (χ1v) is 20.4. The summed E-state index contributed by atoms with van der Waals surface area (Å²) in [7, 11) is 0. The van der Waals surface area contributed by atoms with E-state index >= 15 is 0 Å². The first-order valence-electron chi connectivity index (χ1n) is 20.4. The van der Waals surface area contributed by atoms with Gasteiger partial charge < -0.3 is 44.7 Å². The molecule has 7 rings (SSSR count). The summed E-state index contributed by atoms with van der Waals surface area (Å²) in [5.41, 5.74) is -4.05. The van der Waals surface area contributed by atoms with E-state index in [2.05, 4.69) is 5.32 Å². The number of esters is 3. The van der Waals surface area contributed by atoms with Gasteiger partial charge >= 0.3 is 23.9 Å². The van der Waals surface area contributed by atoms with Crippen LogP contribution in [0.5, 0.6) is 0 Å². The molecule has 1 amide bonds. The summed E-state index contributed by atoms with van der Waals surface area (Å²) in [5, 5.41) is 45.9. The molecule has 3 aromatic carbocycles. The number of nitrogens with one attached hydrogen (secondary N) is 1. The highest BCUT2D eigenvalue weighted by molar-refractivity contribution is 5.96. The number of rotatable bonds is 9. The molecule has 3 fully saturated rings. The van der Waals surface area contributed by atoms with Crippen molar-refractivity contribution in [2.24, 2.45) is 16.7 Å². The molecular weight excluding hydrogens is 803 g/mol. The third-order valence-corrected chi connectivity index (χ3v) is 13.2. The van der Waals surface area contributed by atoms with Gasteiger partial charge in [-0.15, -0.1) is 0 Å². The van der Waals surface area contributed by atoms with Crippen LogP contribution in [0.15, 0.2) is 102 Å². The van der Waals surface area contributed by atoms with Crippen molar-refractivity contribution in [3.63, 3.8) is 0 Å². The molecule has 1 aliphatic heterocycles. The lowest BCUT2D eigenvalue weighted by molar-refractivity contribution is -0.345. The molecule has 0 radical (unpaired) electrons. The summed E-state index contributed by atoms with van der Waals surface area (Å²) in [6.45, 7) is 9.08. The number of aliphatic carboxylic acids is 1. The molecule has 3 aromatic rings. The summed E-state index contributed by atoms with van der Waals surface area (Å²) in [6, 6.07) is 24.2. The highest BCUT2D eigenvalue weighted by Crippen LogP contribution is 2.64. The Kier molecular flexibility index (Phi) is 13.0. The van der Waals surface area contributed by atoms with Crippen LogP contribution in [-0.4, -0.2) is 104 Å². The number of carboxylic acids is 1. The third-order valence-electron chi connectivity index (χ3n) is 13.2. The number of benzene rings is 3. The number of aliphatic hydroxyl groups is 3. The summed E-state index contributed by atoms with van der Waals surface area (Å²) in [6.07, 6.45) is -6.35. The Morgan fingerprint density at radius 1 is 0.839 bits per heavy atom. The van der Waals surface area contributed by atoms with Gasteiger partial charge in [-0.1, -0.05) is 86.2 Å². The molecule has 2 bridgehead atoms. The summed E-state index contributed by atoms with van der Waals surface area (Å²) in [5.74, 6) is -5.79. The highest BCUT2D eigenvalue weighted by Gasteiger charge is 2.77. The fourth-order valence-electron chi connectivity index (χ4n) is 9.89. The lowest BCUT2D eigenvalue weighted by atomic mass is 9.45. The number of carboxylic acid groups (broad SMARTS) is 1. The number of ether oxygens (including phenoxy) is 4. The van der Waals surface area contributed by atoms with Crippen LogP contribution in [0, 0.1) is 16.7 Å². The lowest BCUT2D eigenvalue weighted by Gasteiger charge is -2.67. The van der Waals surface area contributed by atoms with Gasteiger partial charge in [0.2, 0.25) is 0 Å². The zero-order valence-corrected chi connectivity index (χ0v) is 35.4. The Morgan fingerprint density at radius 2 is 1.40 bits per heavy atom. The van der Waals surface area contributed by atoms with Crippen LogP contribution in [0.3, 0.4) is 0 Å². The average Bonchev–Trinajstić information content (AvgIpc) is 3.23. The van der Waals surface area contributed by atoms with E-state index in [1.54, 1.807) is 105 Å². The second-order valence-electron chi connectivity index (χ2n) is 17.2. The molecule has 5 N–H and O–H groups in total. The number of carbonyl (C=O) groups excluding carboxylic acids is 5. The predicted octanol–water partition coefficient (Wildman–Crippen LogP) is 4.29. The van der Waals surface area contributed by atoms with Crippen LogP contribution in [0.1, 0.15) is 93.1 Å². The maximum Gasteiger partial charge on any atom is 0.338 e. The minimum absolute atomic E-state index is 0.0575. The Hall–Kier alpha value is -5.74. The Balaban J connectivity index is 0.000000256. The maximum absolute atomic E-state index is 14.8. The number of carbonyl (C=O) groups is 6. The molecule has 1 saturated heterocycles. The van der Waals surface area contributed by atoms with Gasteiger partial charge in [0.05, 0.1) is 35.6 Å². The molecular formula is C47H53NO14. The van der Waals surface area contributed by atoms with Gasteiger partial charge in [0.15, 0.2) is 23.6 Å². The van der Waals surface area contributed by atoms with Crippen LogP contribution in [0.4, 0.5) is 0 Å². The topological polar surface area (TPSA) is 232 Å². The minimum atomic E-state index is -1.83. The fraction of sp³-hybridized carbons (Fsp3) is 0.447. The molecule has 3 aliphatic carbocycles. The summed E-state index contributed by atoms with van der Waals surface area (Å²) in [4.78, 5) is 76.5. The van der Waals surface area contributed by atoms with Crippen molar-refractivity contribution >= 4 is 35.6 Å². The SMILES string of the molecule is CC(=O)O[C@H]1C(=O)[C@@]2(C)[C@H]([C@H](OC(=O)c3ccccc3)[C@]3(O)CCC(C)=C1C3(C)C)[C@]1(OC(C)=O)CO[C@@H]1C[C@@H]2O.O=C(N[C@@H](c1ccccc1)[C@@H](O)C(=O)O)c1ccccc1. The lowest BCUT2D eigenvalue weighted by Crippen LogP contribution is -2.81. The quantitative estimate of drug-likeness (QED) is 0.115. The van der Waals surface area contributed by atoms with E-state index in [0.717, 1.165) is 5.57 Å². The fourth-order valence-corrected chi connectivity index (χ4v) is 9.89. The number of aliphatic hydroxyl groups excluding tert-OH is 2. The Labute approximate surface area is 359 Å². The molecule has 0 spiro atoms.